The van der Waals surface area contributed by atoms with Gasteiger partial charge >= 0.3 is 6.09 Å². The second-order valence-electron chi connectivity index (χ2n) is 7.80. The molecule has 1 amide bonds. The molecule has 1 aromatic carbocycles. The molecule has 34 heavy (non-hydrogen) atoms. The topological polar surface area (TPSA) is 114 Å². The predicted molar refractivity (Wildman–Crippen MR) is 127 cm³/mol. The van der Waals surface area contributed by atoms with Crippen LogP contribution in [0.5, 0.6) is 0 Å². The van der Waals surface area contributed by atoms with Crippen molar-refractivity contribution in [1.29, 1.82) is 0 Å². The average molecular weight is 491 g/mol. The molecule has 2 aromatic heterocycles. The van der Waals surface area contributed by atoms with E-state index >= 15 is 0 Å². The Bertz CT molecular complexity index is 1350. The van der Waals surface area contributed by atoms with Crippen LogP contribution in [0.1, 0.15) is 11.4 Å². The zero-order valence-corrected chi connectivity index (χ0v) is 20.2. The Labute approximate surface area is 197 Å². The summed E-state index contributed by atoms with van der Waals surface area (Å²) < 4.78 is 48.1. The van der Waals surface area contributed by atoms with Gasteiger partial charge < -0.3 is 19.7 Å². The normalized spacial score (nSPS) is 12.5. The maximum atomic E-state index is 14.7. The molecule has 11 heteroatoms. The monoisotopic (exact) mass is 490 g/mol. The van der Waals surface area contributed by atoms with Crippen LogP contribution in [0, 0.1) is 6.92 Å². The van der Waals surface area contributed by atoms with E-state index in [1.165, 1.54) is 20.2 Å². The second-order valence-corrected chi connectivity index (χ2v) is 9.95. The number of nitrogens with zero attached hydrogens (tertiary/aromatic N) is 3. The third-order valence-corrected chi connectivity index (χ3v) is 7.12. The molecule has 3 aromatic rings. The van der Waals surface area contributed by atoms with Crippen molar-refractivity contribution in [2.75, 3.05) is 27.7 Å². The van der Waals surface area contributed by atoms with Crippen molar-refractivity contribution in [3.8, 4) is 11.1 Å². The summed E-state index contributed by atoms with van der Waals surface area (Å²) in [6.07, 6.45) is -0.0767. The van der Waals surface area contributed by atoms with Crippen LogP contribution in [0.3, 0.4) is 0 Å². The summed E-state index contributed by atoms with van der Waals surface area (Å²) in [5.41, 5.74) is 3.91. The highest BCUT2D eigenvalue weighted by Gasteiger charge is 2.22. The Morgan fingerprint density at radius 1 is 1.29 bits per heavy atom. The van der Waals surface area contributed by atoms with E-state index in [1.54, 1.807) is 35.9 Å². The fourth-order valence-corrected chi connectivity index (χ4v) is 4.59. The highest BCUT2D eigenvalue weighted by Crippen LogP contribution is 2.35. The number of hydrogen-bond donors (Lipinski definition) is 2. The maximum absolute atomic E-state index is 14.7. The number of pyridine rings is 1. The quantitative estimate of drug-likeness (QED) is 0.474. The largest absolute Gasteiger partial charge is 0.465 e. The van der Waals surface area contributed by atoms with Gasteiger partial charge in [0.1, 0.15) is 5.83 Å². The van der Waals surface area contributed by atoms with Crippen LogP contribution in [0.25, 0.3) is 22.2 Å². The molecule has 2 N–H and O–H groups in total. The van der Waals surface area contributed by atoms with Gasteiger partial charge in [-0.1, -0.05) is 12.1 Å². The second kappa shape index (κ2) is 10.3. The van der Waals surface area contributed by atoms with E-state index in [-0.39, 0.29) is 24.6 Å². The van der Waals surface area contributed by atoms with Gasteiger partial charge in [0.25, 0.3) is 0 Å². The van der Waals surface area contributed by atoms with Gasteiger partial charge in [0, 0.05) is 39.0 Å². The van der Waals surface area contributed by atoms with Gasteiger partial charge in [0.2, 0.25) is 10.0 Å². The van der Waals surface area contributed by atoms with E-state index in [9.17, 15) is 17.6 Å². The summed E-state index contributed by atoms with van der Waals surface area (Å²) in [5, 5.41) is 10.8. The third-order valence-electron chi connectivity index (χ3n) is 5.31. The van der Waals surface area contributed by atoms with Crippen molar-refractivity contribution in [1.82, 2.24) is 19.2 Å². The van der Waals surface area contributed by atoms with E-state index in [0.717, 1.165) is 10.4 Å². The number of carboxylic acid groups (broad SMARTS) is 1. The summed E-state index contributed by atoms with van der Waals surface area (Å²) in [4.78, 5) is 15.5. The first-order valence-electron chi connectivity index (χ1n) is 10.4. The number of amides is 1. The minimum Gasteiger partial charge on any atom is -0.465 e. The number of aromatic nitrogens is 2. The lowest BCUT2D eigenvalue weighted by Gasteiger charge is -2.12. The van der Waals surface area contributed by atoms with Gasteiger partial charge in [-0.3, -0.25) is 0 Å². The summed E-state index contributed by atoms with van der Waals surface area (Å²) in [7, 11) is 0.831. The van der Waals surface area contributed by atoms with E-state index in [4.69, 9.17) is 14.8 Å². The van der Waals surface area contributed by atoms with Gasteiger partial charge in [0.15, 0.2) is 0 Å². The number of carbonyl (C=O) groups is 1. The van der Waals surface area contributed by atoms with E-state index < -0.39 is 21.9 Å². The fraction of sp³-hybridized carbons (Fsp3) is 0.304. The number of benzene rings is 1. The lowest BCUT2D eigenvalue weighted by Crippen LogP contribution is -2.22. The number of allylic oxidation sites excluding steroid dienone is 1. The average Bonchev–Trinajstić information content (AvgIpc) is 3.04. The van der Waals surface area contributed by atoms with E-state index in [0.29, 0.717) is 33.5 Å². The standard InChI is InChI=1S/C23H27FN4O5S/c1-15-21(16-6-5-7-19(12-16)34(31,32)27(2)3)22-20(9-8-18(26-22)14-33-4)28(15)13-17(24)10-11-25-23(29)30/h5-10,12,25H,11,13-14H2,1-4H3,(H,29,30). The van der Waals surface area contributed by atoms with Gasteiger partial charge in [-0.05, 0) is 42.8 Å². The molecule has 182 valence electrons. The molecule has 0 aliphatic rings. The van der Waals surface area contributed by atoms with Crippen LogP contribution in [0.2, 0.25) is 0 Å². The Kier molecular flexibility index (Phi) is 7.70. The summed E-state index contributed by atoms with van der Waals surface area (Å²) in [6.45, 7) is 1.80. The Hall–Kier alpha value is -3.28. The number of methoxy groups -OCH3 is 1. The molecule has 9 nitrogen and oxygen atoms in total. The number of sulfonamides is 1. The summed E-state index contributed by atoms with van der Waals surface area (Å²) in [5.74, 6) is -0.523. The van der Waals surface area contributed by atoms with Crippen LogP contribution >= 0.6 is 0 Å². The first-order valence-corrected chi connectivity index (χ1v) is 11.8. The Morgan fingerprint density at radius 3 is 2.68 bits per heavy atom. The predicted octanol–water partition coefficient (Wildman–Crippen LogP) is 3.53. The summed E-state index contributed by atoms with van der Waals surface area (Å²) >= 11 is 0. The molecule has 0 saturated carbocycles. The lowest BCUT2D eigenvalue weighted by atomic mass is 10.1. The highest BCUT2D eigenvalue weighted by atomic mass is 32.2. The van der Waals surface area contributed by atoms with Crippen molar-refractivity contribution >= 4 is 27.1 Å². The molecule has 3 rings (SSSR count). The third kappa shape index (κ3) is 5.27. The number of fused-ring (bicyclic) bond motifs is 1. The van der Waals surface area contributed by atoms with Crippen molar-refractivity contribution in [3.63, 3.8) is 0 Å². The number of rotatable bonds is 9. The molecule has 0 saturated heterocycles. The lowest BCUT2D eigenvalue weighted by molar-refractivity contribution is 0.182. The minimum absolute atomic E-state index is 0.133. The minimum atomic E-state index is -3.66. The molecule has 2 heterocycles. The van der Waals surface area contributed by atoms with Crippen LogP contribution in [-0.2, 0) is 27.9 Å². The number of nitrogens with one attached hydrogen (secondary N) is 1. The van der Waals surface area contributed by atoms with Gasteiger partial charge in [0.05, 0.1) is 34.8 Å². The molecular weight excluding hydrogens is 463 g/mol. The van der Waals surface area contributed by atoms with Crippen molar-refractivity contribution < 1.29 is 27.4 Å². The number of hydrogen-bond acceptors (Lipinski definition) is 5. The summed E-state index contributed by atoms with van der Waals surface area (Å²) in [6, 6.07) is 10.1. The molecule has 0 aliphatic carbocycles. The van der Waals surface area contributed by atoms with E-state index in [2.05, 4.69) is 5.32 Å². The van der Waals surface area contributed by atoms with Crippen LogP contribution < -0.4 is 5.32 Å². The Balaban J connectivity index is 2.17. The zero-order chi connectivity index (χ0) is 25.0. The van der Waals surface area contributed by atoms with Crippen molar-refractivity contribution in [2.45, 2.75) is 25.0 Å². The SMILES string of the molecule is COCc1ccc2c(n1)c(-c1cccc(S(=O)(=O)N(C)C)c1)c(C)n2CC(F)=CCNC(=O)O. The number of ether oxygens (including phenoxy) is 1. The van der Waals surface area contributed by atoms with Crippen LogP contribution in [-0.4, -0.2) is 61.2 Å². The first-order chi connectivity index (χ1) is 16.1. The first kappa shape index (κ1) is 25.3. The molecule has 0 spiro atoms. The molecule has 0 atom stereocenters. The van der Waals surface area contributed by atoms with Gasteiger partial charge in [-0.15, -0.1) is 0 Å². The van der Waals surface area contributed by atoms with E-state index in [1.807, 2.05) is 13.0 Å². The van der Waals surface area contributed by atoms with Gasteiger partial charge in [-0.25, -0.2) is 26.9 Å². The molecule has 0 aliphatic heterocycles. The Morgan fingerprint density at radius 2 is 2.03 bits per heavy atom. The van der Waals surface area contributed by atoms with Crippen molar-refractivity contribution in [2.24, 2.45) is 0 Å². The maximum Gasteiger partial charge on any atom is 0.404 e. The molecular formula is C23H27FN4O5S. The molecule has 0 radical (unpaired) electrons. The zero-order valence-electron chi connectivity index (χ0n) is 19.4. The highest BCUT2D eigenvalue weighted by molar-refractivity contribution is 7.89. The number of halogens is 1. The molecule has 0 fully saturated rings. The molecule has 0 bridgehead atoms. The van der Waals surface area contributed by atoms with Crippen LogP contribution in [0.15, 0.2) is 53.2 Å². The smallest absolute Gasteiger partial charge is 0.404 e. The van der Waals surface area contributed by atoms with Crippen LogP contribution in [0.4, 0.5) is 9.18 Å². The molecule has 0 unspecified atom stereocenters. The van der Waals surface area contributed by atoms with Gasteiger partial charge in [-0.2, -0.15) is 0 Å². The van der Waals surface area contributed by atoms with Crippen molar-refractivity contribution in [3.05, 3.63) is 59.7 Å². The fourth-order valence-electron chi connectivity index (χ4n) is 3.65.